The highest BCUT2D eigenvalue weighted by atomic mass is 16.6. The molecule has 0 aromatic heterocycles. The summed E-state index contributed by atoms with van der Waals surface area (Å²) in [4.78, 5) is 23.8. The number of nitro groups is 1. The van der Waals surface area contributed by atoms with Crippen LogP contribution in [-0.2, 0) is 6.54 Å². The molecule has 0 aliphatic carbocycles. The summed E-state index contributed by atoms with van der Waals surface area (Å²) in [5, 5.41) is 23.3. The number of carbonyl (C=O) groups is 1. The molecule has 1 aromatic rings. The van der Waals surface area contributed by atoms with Gasteiger partial charge in [-0.2, -0.15) is 0 Å². The summed E-state index contributed by atoms with van der Waals surface area (Å²) < 4.78 is 0. The predicted molar refractivity (Wildman–Crippen MR) is 77.4 cm³/mol. The first kappa shape index (κ1) is 15.4. The molecule has 1 aromatic carbocycles. The Labute approximate surface area is 122 Å². The van der Waals surface area contributed by atoms with Crippen molar-refractivity contribution in [2.24, 2.45) is 0 Å². The Hall–Kier alpha value is -1.99. The summed E-state index contributed by atoms with van der Waals surface area (Å²) in [6.45, 7) is 2.13. The van der Waals surface area contributed by atoms with Gasteiger partial charge in [0.2, 0.25) is 0 Å². The van der Waals surface area contributed by atoms with Crippen LogP contribution in [0.4, 0.5) is 5.69 Å². The lowest BCUT2D eigenvalue weighted by Crippen LogP contribution is -2.35. The van der Waals surface area contributed by atoms with E-state index < -0.39 is 10.9 Å². The molecule has 1 aliphatic heterocycles. The maximum Gasteiger partial charge on any atom is 0.343 e. The van der Waals surface area contributed by atoms with Crippen LogP contribution in [0, 0.1) is 10.1 Å². The van der Waals surface area contributed by atoms with Crippen molar-refractivity contribution in [3.8, 4) is 0 Å². The number of likely N-dealkylation sites (N-methyl/N-ethyl adjacent to an activating group) is 1. The zero-order valence-corrected chi connectivity index (χ0v) is 11.9. The number of benzene rings is 1. The number of aromatic carboxylic acids is 1. The Bertz CT molecular complexity index is 547. The summed E-state index contributed by atoms with van der Waals surface area (Å²) in [6, 6.07) is 4.79. The highest BCUT2D eigenvalue weighted by Gasteiger charge is 2.24. The third-order valence-electron chi connectivity index (χ3n) is 3.91. The van der Waals surface area contributed by atoms with Crippen LogP contribution in [0.1, 0.15) is 28.8 Å². The smallest absolute Gasteiger partial charge is 0.343 e. The first-order chi connectivity index (χ1) is 10.0. The molecular weight excluding hydrogens is 274 g/mol. The van der Waals surface area contributed by atoms with Gasteiger partial charge in [-0.05, 0) is 32.0 Å². The fourth-order valence-electron chi connectivity index (χ4n) is 2.74. The minimum Gasteiger partial charge on any atom is -0.477 e. The number of hydrogen-bond acceptors (Lipinski definition) is 5. The molecule has 1 saturated heterocycles. The SMILES string of the molecule is CN1CCCC1CNCc1cccc([N+](=O)[O-])c1C(=O)O. The zero-order valence-electron chi connectivity index (χ0n) is 11.9. The van der Waals surface area contributed by atoms with Gasteiger partial charge in [-0.3, -0.25) is 10.1 Å². The fourth-order valence-corrected chi connectivity index (χ4v) is 2.74. The molecule has 114 valence electrons. The van der Waals surface area contributed by atoms with Gasteiger partial charge in [-0.15, -0.1) is 0 Å². The predicted octanol–water partition coefficient (Wildman–Crippen LogP) is 1.48. The summed E-state index contributed by atoms with van der Waals surface area (Å²) >= 11 is 0. The van der Waals surface area contributed by atoms with Crippen molar-refractivity contribution in [2.45, 2.75) is 25.4 Å². The summed E-state index contributed by atoms with van der Waals surface area (Å²) in [6.07, 6.45) is 2.28. The van der Waals surface area contributed by atoms with Crippen LogP contribution >= 0.6 is 0 Å². The van der Waals surface area contributed by atoms with Crippen LogP contribution in [0.3, 0.4) is 0 Å². The maximum atomic E-state index is 11.3. The molecule has 1 fully saturated rings. The first-order valence-electron chi connectivity index (χ1n) is 6.91. The third kappa shape index (κ3) is 3.56. The highest BCUT2D eigenvalue weighted by molar-refractivity contribution is 5.94. The second-order valence-electron chi connectivity index (χ2n) is 5.28. The van der Waals surface area contributed by atoms with E-state index in [0.717, 1.165) is 19.5 Å². The van der Waals surface area contributed by atoms with Crippen molar-refractivity contribution in [3.63, 3.8) is 0 Å². The van der Waals surface area contributed by atoms with E-state index in [0.29, 0.717) is 18.2 Å². The number of hydrogen-bond donors (Lipinski definition) is 2. The van der Waals surface area contributed by atoms with Gasteiger partial charge in [-0.1, -0.05) is 12.1 Å². The normalized spacial score (nSPS) is 18.8. The van der Waals surface area contributed by atoms with Crippen LogP contribution in [-0.4, -0.2) is 47.1 Å². The lowest BCUT2D eigenvalue weighted by Gasteiger charge is -2.20. The molecule has 7 heteroatoms. The topological polar surface area (TPSA) is 95.7 Å². The molecule has 1 unspecified atom stereocenters. The van der Waals surface area contributed by atoms with Gasteiger partial charge in [0, 0.05) is 25.2 Å². The molecule has 1 atom stereocenters. The van der Waals surface area contributed by atoms with Gasteiger partial charge >= 0.3 is 5.97 Å². The Balaban J connectivity index is 2.07. The number of nitrogens with one attached hydrogen (secondary N) is 1. The van der Waals surface area contributed by atoms with Gasteiger partial charge < -0.3 is 15.3 Å². The third-order valence-corrected chi connectivity index (χ3v) is 3.91. The van der Waals surface area contributed by atoms with E-state index in [4.69, 9.17) is 0 Å². The van der Waals surface area contributed by atoms with Crippen molar-refractivity contribution in [1.82, 2.24) is 10.2 Å². The summed E-state index contributed by atoms with van der Waals surface area (Å²) in [5.41, 5.74) is -0.146. The van der Waals surface area contributed by atoms with Gasteiger partial charge in [0.25, 0.3) is 5.69 Å². The van der Waals surface area contributed by atoms with E-state index in [-0.39, 0.29) is 11.3 Å². The van der Waals surface area contributed by atoms with E-state index in [1.54, 1.807) is 6.07 Å². The van der Waals surface area contributed by atoms with Crippen LogP contribution in [0.5, 0.6) is 0 Å². The van der Waals surface area contributed by atoms with Crippen molar-refractivity contribution in [3.05, 3.63) is 39.4 Å². The molecule has 0 amide bonds. The quantitative estimate of drug-likeness (QED) is 0.609. The maximum absolute atomic E-state index is 11.3. The number of carboxylic acids is 1. The minimum atomic E-state index is -1.27. The van der Waals surface area contributed by atoms with Gasteiger partial charge in [-0.25, -0.2) is 4.79 Å². The summed E-state index contributed by atoms with van der Waals surface area (Å²) in [5.74, 6) is -1.27. The number of likely N-dealkylation sites (tertiary alicyclic amines) is 1. The average molecular weight is 293 g/mol. The van der Waals surface area contributed by atoms with Crippen LogP contribution in [0.2, 0.25) is 0 Å². The standard InChI is InChI=1S/C14H19N3O4/c1-16-7-3-5-11(16)9-15-8-10-4-2-6-12(17(20)21)13(10)14(18)19/h2,4,6,11,15H,3,5,7-9H2,1H3,(H,18,19). The molecule has 7 nitrogen and oxygen atoms in total. The zero-order chi connectivity index (χ0) is 15.4. The van der Waals surface area contributed by atoms with Crippen LogP contribution in [0.25, 0.3) is 0 Å². The molecule has 1 aliphatic rings. The number of nitro benzene ring substituents is 1. The van der Waals surface area contributed by atoms with E-state index in [9.17, 15) is 20.0 Å². The van der Waals surface area contributed by atoms with Crippen LogP contribution in [0.15, 0.2) is 18.2 Å². The van der Waals surface area contributed by atoms with Gasteiger partial charge in [0.1, 0.15) is 5.56 Å². The largest absolute Gasteiger partial charge is 0.477 e. The van der Waals surface area contributed by atoms with E-state index >= 15 is 0 Å². The lowest BCUT2D eigenvalue weighted by atomic mass is 10.1. The Kier molecular flexibility index (Phi) is 4.87. The van der Waals surface area contributed by atoms with Crippen molar-refractivity contribution in [2.75, 3.05) is 20.1 Å². The minimum absolute atomic E-state index is 0.227. The van der Waals surface area contributed by atoms with E-state index in [2.05, 4.69) is 17.3 Å². The number of carboxylic acid groups (broad SMARTS) is 1. The summed E-state index contributed by atoms with van der Waals surface area (Å²) in [7, 11) is 2.06. The molecule has 0 saturated carbocycles. The average Bonchev–Trinajstić information content (AvgIpc) is 2.84. The Morgan fingerprint density at radius 2 is 2.33 bits per heavy atom. The molecule has 0 bridgehead atoms. The highest BCUT2D eigenvalue weighted by Crippen LogP contribution is 2.22. The second kappa shape index (κ2) is 6.64. The van der Waals surface area contributed by atoms with E-state index in [1.165, 1.54) is 18.6 Å². The molecule has 2 rings (SSSR count). The monoisotopic (exact) mass is 293 g/mol. The molecular formula is C14H19N3O4. The number of rotatable bonds is 6. The molecule has 2 N–H and O–H groups in total. The van der Waals surface area contributed by atoms with Crippen molar-refractivity contribution < 1.29 is 14.8 Å². The van der Waals surface area contributed by atoms with Gasteiger partial charge in [0.15, 0.2) is 0 Å². The first-order valence-corrected chi connectivity index (χ1v) is 6.91. The molecule has 0 spiro atoms. The Morgan fingerprint density at radius 3 is 2.90 bits per heavy atom. The second-order valence-corrected chi connectivity index (χ2v) is 5.28. The fraction of sp³-hybridized carbons (Fsp3) is 0.500. The van der Waals surface area contributed by atoms with Crippen molar-refractivity contribution in [1.29, 1.82) is 0 Å². The van der Waals surface area contributed by atoms with E-state index in [1.807, 2.05) is 0 Å². The molecule has 21 heavy (non-hydrogen) atoms. The van der Waals surface area contributed by atoms with Crippen molar-refractivity contribution >= 4 is 11.7 Å². The molecule has 1 heterocycles. The van der Waals surface area contributed by atoms with Gasteiger partial charge in [0.05, 0.1) is 4.92 Å². The Morgan fingerprint density at radius 1 is 1.57 bits per heavy atom. The number of nitrogens with zero attached hydrogens (tertiary/aromatic N) is 2. The molecule has 0 radical (unpaired) electrons. The van der Waals surface area contributed by atoms with Crippen LogP contribution < -0.4 is 5.32 Å². The lowest BCUT2D eigenvalue weighted by molar-refractivity contribution is -0.385.